The quantitative estimate of drug-likeness (QED) is 0.828. The van der Waals surface area contributed by atoms with Crippen molar-refractivity contribution in [3.8, 4) is 0 Å². The third kappa shape index (κ3) is 7.11. The number of carbonyl (C=O) groups is 1. The SMILES string of the molecule is CN1CCC(NC(=O)CCC2CCNCC2)CC1.Cl.Cl. The van der Waals surface area contributed by atoms with E-state index in [1.54, 1.807) is 0 Å². The summed E-state index contributed by atoms with van der Waals surface area (Å²) >= 11 is 0. The third-order valence-corrected chi connectivity index (χ3v) is 4.32. The van der Waals surface area contributed by atoms with Gasteiger partial charge in [-0.25, -0.2) is 0 Å². The molecule has 4 nitrogen and oxygen atoms in total. The summed E-state index contributed by atoms with van der Waals surface area (Å²) in [7, 11) is 2.15. The van der Waals surface area contributed by atoms with Gasteiger partial charge in [-0.05, 0) is 71.2 Å². The van der Waals surface area contributed by atoms with Gasteiger partial charge >= 0.3 is 0 Å². The van der Waals surface area contributed by atoms with Crippen LogP contribution in [-0.4, -0.2) is 50.1 Å². The van der Waals surface area contributed by atoms with Crippen LogP contribution in [0.3, 0.4) is 0 Å². The van der Waals surface area contributed by atoms with Gasteiger partial charge in [-0.2, -0.15) is 0 Å². The van der Waals surface area contributed by atoms with E-state index in [0.29, 0.717) is 6.04 Å². The average Bonchev–Trinajstić information content (AvgIpc) is 2.40. The number of nitrogens with one attached hydrogen (secondary N) is 2. The van der Waals surface area contributed by atoms with Gasteiger partial charge in [-0.1, -0.05) is 0 Å². The fourth-order valence-corrected chi connectivity index (χ4v) is 2.96. The molecular weight excluding hydrogens is 297 g/mol. The molecule has 2 rings (SSSR count). The molecule has 2 aliphatic rings. The van der Waals surface area contributed by atoms with E-state index in [2.05, 4.69) is 22.6 Å². The molecule has 0 spiro atoms. The first-order valence-electron chi connectivity index (χ1n) is 7.42. The van der Waals surface area contributed by atoms with Crippen molar-refractivity contribution < 1.29 is 4.79 Å². The molecule has 120 valence electrons. The van der Waals surface area contributed by atoms with E-state index < -0.39 is 0 Å². The summed E-state index contributed by atoms with van der Waals surface area (Å²) in [6, 6.07) is 0.418. The van der Waals surface area contributed by atoms with Gasteiger partial charge in [0.05, 0.1) is 0 Å². The summed E-state index contributed by atoms with van der Waals surface area (Å²) < 4.78 is 0. The molecule has 0 aliphatic carbocycles. The predicted molar refractivity (Wildman–Crippen MR) is 88.0 cm³/mol. The highest BCUT2D eigenvalue weighted by Gasteiger charge is 2.19. The lowest BCUT2D eigenvalue weighted by molar-refractivity contribution is -0.122. The zero-order valence-electron chi connectivity index (χ0n) is 12.4. The molecule has 2 aliphatic heterocycles. The third-order valence-electron chi connectivity index (χ3n) is 4.32. The fourth-order valence-electron chi connectivity index (χ4n) is 2.96. The molecule has 2 saturated heterocycles. The lowest BCUT2D eigenvalue weighted by Crippen LogP contribution is -2.43. The summed E-state index contributed by atoms with van der Waals surface area (Å²) in [5.41, 5.74) is 0. The van der Waals surface area contributed by atoms with E-state index >= 15 is 0 Å². The summed E-state index contributed by atoms with van der Waals surface area (Å²) in [6.45, 7) is 4.47. The molecule has 0 unspecified atom stereocenters. The molecule has 2 fully saturated rings. The highest BCUT2D eigenvalue weighted by Crippen LogP contribution is 2.17. The molecule has 0 aromatic carbocycles. The Morgan fingerprint density at radius 3 is 2.35 bits per heavy atom. The van der Waals surface area contributed by atoms with Crippen LogP contribution >= 0.6 is 24.8 Å². The van der Waals surface area contributed by atoms with Crippen LogP contribution in [-0.2, 0) is 4.79 Å². The summed E-state index contributed by atoms with van der Waals surface area (Å²) in [5.74, 6) is 1.03. The monoisotopic (exact) mass is 325 g/mol. The van der Waals surface area contributed by atoms with Crippen LogP contribution in [0, 0.1) is 5.92 Å². The van der Waals surface area contributed by atoms with E-state index in [1.165, 1.54) is 12.8 Å². The van der Waals surface area contributed by atoms with Crippen molar-refractivity contribution >= 4 is 30.7 Å². The van der Waals surface area contributed by atoms with Crippen LogP contribution in [0.5, 0.6) is 0 Å². The van der Waals surface area contributed by atoms with E-state index in [0.717, 1.165) is 57.8 Å². The Morgan fingerprint density at radius 1 is 1.15 bits per heavy atom. The lowest BCUT2D eigenvalue weighted by Gasteiger charge is -2.29. The zero-order valence-corrected chi connectivity index (χ0v) is 14.0. The topological polar surface area (TPSA) is 44.4 Å². The Balaban J connectivity index is 0.00000180. The second-order valence-electron chi connectivity index (χ2n) is 5.88. The van der Waals surface area contributed by atoms with Gasteiger partial charge in [0.15, 0.2) is 0 Å². The first-order valence-corrected chi connectivity index (χ1v) is 7.42. The molecule has 0 aromatic heterocycles. The molecule has 2 heterocycles. The Kier molecular flexibility index (Phi) is 10.6. The van der Waals surface area contributed by atoms with Gasteiger partial charge in [0, 0.05) is 12.5 Å². The number of nitrogens with zero attached hydrogens (tertiary/aromatic N) is 1. The predicted octanol–water partition coefficient (Wildman–Crippen LogP) is 1.82. The van der Waals surface area contributed by atoms with Crippen molar-refractivity contribution in [2.75, 3.05) is 33.2 Å². The summed E-state index contributed by atoms with van der Waals surface area (Å²) in [5, 5.41) is 6.56. The number of hydrogen-bond donors (Lipinski definition) is 2. The minimum atomic E-state index is 0. The van der Waals surface area contributed by atoms with Crippen LogP contribution in [0.2, 0.25) is 0 Å². The maximum atomic E-state index is 11.9. The molecule has 0 radical (unpaired) electrons. The Morgan fingerprint density at radius 2 is 1.75 bits per heavy atom. The first kappa shape index (κ1) is 20.0. The molecule has 1 amide bonds. The number of carbonyl (C=O) groups excluding carboxylic acids is 1. The van der Waals surface area contributed by atoms with E-state index in [4.69, 9.17) is 0 Å². The highest BCUT2D eigenvalue weighted by atomic mass is 35.5. The van der Waals surface area contributed by atoms with E-state index in [1.807, 2.05) is 0 Å². The van der Waals surface area contributed by atoms with Crippen LogP contribution in [0.25, 0.3) is 0 Å². The maximum absolute atomic E-state index is 11.9. The largest absolute Gasteiger partial charge is 0.353 e. The molecule has 0 atom stereocenters. The van der Waals surface area contributed by atoms with Gasteiger partial charge in [0.2, 0.25) is 5.91 Å². The highest BCUT2D eigenvalue weighted by molar-refractivity contribution is 5.85. The standard InChI is InChI=1S/C14H27N3O.2ClH/c1-17-10-6-13(7-11-17)16-14(18)3-2-12-4-8-15-9-5-12;;/h12-13,15H,2-11H2,1H3,(H,16,18);2*1H. The van der Waals surface area contributed by atoms with Crippen LogP contribution in [0.15, 0.2) is 0 Å². The van der Waals surface area contributed by atoms with Crippen molar-refractivity contribution in [1.82, 2.24) is 15.5 Å². The normalized spacial score (nSPS) is 21.6. The van der Waals surface area contributed by atoms with Crippen molar-refractivity contribution in [1.29, 1.82) is 0 Å². The fraction of sp³-hybridized carbons (Fsp3) is 0.929. The van der Waals surface area contributed by atoms with Crippen molar-refractivity contribution in [2.24, 2.45) is 5.92 Å². The second-order valence-corrected chi connectivity index (χ2v) is 5.88. The Hall–Kier alpha value is -0.0300. The number of amides is 1. The minimum absolute atomic E-state index is 0. The number of piperidine rings is 2. The average molecular weight is 326 g/mol. The number of likely N-dealkylation sites (tertiary alicyclic amines) is 1. The summed E-state index contributed by atoms with van der Waals surface area (Å²) in [4.78, 5) is 14.2. The molecule has 20 heavy (non-hydrogen) atoms. The zero-order chi connectivity index (χ0) is 12.8. The molecule has 0 aromatic rings. The van der Waals surface area contributed by atoms with Crippen LogP contribution in [0.4, 0.5) is 0 Å². The molecule has 0 saturated carbocycles. The van der Waals surface area contributed by atoms with E-state index in [-0.39, 0.29) is 30.7 Å². The number of rotatable bonds is 4. The van der Waals surface area contributed by atoms with Crippen LogP contribution < -0.4 is 10.6 Å². The summed E-state index contributed by atoms with van der Waals surface area (Å²) in [6.07, 6.45) is 6.48. The molecular formula is C14H29Cl2N3O. The van der Waals surface area contributed by atoms with Crippen LogP contribution in [0.1, 0.15) is 38.5 Å². The van der Waals surface area contributed by atoms with Crippen molar-refractivity contribution in [3.63, 3.8) is 0 Å². The number of hydrogen-bond acceptors (Lipinski definition) is 3. The van der Waals surface area contributed by atoms with Gasteiger partial charge < -0.3 is 15.5 Å². The van der Waals surface area contributed by atoms with Crippen molar-refractivity contribution in [2.45, 2.75) is 44.6 Å². The minimum Gasteiger partial charge on any atom is -0.353 e. The Bertz CT molecular complexity index is 265. The molecule has 6 heteroatoms. The maximum Gasteiger partial charge on any atom is 0.220 e. The van der Waals surface area contributed by atoms with E-state index in [9.17, 15) is 4.79 Å². The number of halogens is 2. The van der Waals surface area contributed by atoms with Gasteiger partial charge in [0.1, 0.15) is 0 Å². The Labute approximate surface area is 135 Å². The van der Waals surface area contributed by atoms with Gasteiger partial charge in [0.25, 0.3) is 0 Å². The van der Waals surface area contributed by atoms with Gasteiger partial charge in [-0.15, -0.1) is 24.8 Å². The smallest absolute Gasteiger partial charge is 0.220 e. The van der Waals surface area contributed by atoms with Crippen molar-refractivity contribution in [3.05, 3.63) is 0 Å². The second kappa shape index (κ2) is 10.7. The molecule has 0 bridgehead atoms. The lowest BCUT2D eigenvalue weighted by atomic mass is 9.93. The molecule has 2 N–H and O–H groups in total. The van der Waals surface area contributed by atoms with Gasteiger partial charge in [-0.3, -0.25) is 4.79 Å². The first-order chi connectivity index (χ1) is 8.74.